The monoisotopic (exact) mass is 312 g/mol. The Kier molecular flexibility index (Phi) is 3.61. The van der Waals surface area contributed by atoms with Gasteiger partial charge in [-0.1, -0.05) is 35.9 Å². The molecule has 4 nitrogen and oxygen atoms in total. The molecule has 0 heterocycles. The third kappa shape index (κ3) is 2.56. The van der Waals surface area contributed by atoms with Crippen LogP contribution in [0.3, 0.4) is 0 Å². The molecule has 1 aliphatic rings. The summed E-state index contributed by atoms with van der Waals surface area (Å²) in [7, 11) is 0. The van der Waals surface area contributed by atoms with Gasteiger partial charge in [0, 0.05) is 22.2 Å². The number of halogens is 1. The van der Waals surface area contributed by atoms with Crippen LogP contribution in [0.4, 0.5) is 0 Å². The van der Waals surface area contributed by atoms with Gasteiger partial charge in [0.15, 0.2) is 11.5 Å². The van der Waals surface area contributed by atoms with Crippen LogP contribution in [0.2, 0.25) is 5.02 Å². The summed E-state index contributed by atoms with van der Waals surface area (Å²) in [4.78, 5) is 36.2. The van der Waals surface area contributed by atoms with E-state index < -0.39 is 11.8 Å². The van der Waals surface area contributed by atoms with Crippen molar-refractivity contribution in [2.45, 2.75) is 0 Å². The number of ketones is 2. The first-order valence-corrected chi connectivity index (χ1v) is 6.81. The minimum Gasteiger partial charge on any atom is -0.419 e. The Bertz CT molecular complexity index is 819. The molecule has 0 atom stereocenters. The number of esters is 1. The van der Waals surface area contributed by atoms with Crippen LogP contribution in [0.15, 0.2) is 60.4 Å². The van der Waals surface area contributed by atoms with E-state index >= 15 is 0 Å². The van der Waals surface area contributed by atoms with Crippen molar-refractivity contribution in [2.75, 3.05) is 0 Å². The molecule has 0 spiro atoms. The molecule has 2 aromatic rings. The fraction of sp³-hybridized carbons (Fsp3) is 0. The van der Waals surface area contributed by atoms with E-state index in [1.54, 1.807) is 18.2 Å². The second-order valence-electron chi connectivity index (χ2n) is 4.64. The molecule has 0 N–H and O–H groups in total. The SMILES string of the molecule is O=C(OC1=CC(=O)c2ccccc2C1=O)c1ccc(Cl)cc1. The number of benzene rings is 2. The average Bonchev–Trinajstić information content (AvgIpc) is 2.53. The van der Waals surface area contributed by atoms with Crippen LogP contribution in [0.25, 0.3) is 0 Å². The molecule has 108 valence electrons. The fourth-order valence-electron chi connectivity index (χ4n) is 2.11. The summed E-state index contributed by atoms with van der Waals surface area (Å²) in [5, 5.41) is 0.480. The van der Waals surface area contributed by atoms with Crippen LogP contribution in [-0.2, 0) is 4.74 Å². The molecule has 0 radical (unpaired) electrons. The van der Waals surface area contributed by atoms with E-state index in [4.69, 9.17) is 16.3 Å². The predicted octanol–water partition coefficient (Wildman–Crippen LogP) is 3.46. The lowest BCUT2D eigenvalue weighted by molar-refractivity contribution is 0.0585. The zero-order valence-corrected chi connectivity index (χ0v) is 12.0. The summed E-state index contributed by atoms with van der Waals surface area (Å²) < 4.78 is 5.07. The van der Waals surface area contributed by atoms with Gasteiger partial charge in [0.25, 0.3) is 0 Å². The van der Waals surface area contributed by atoms with E-state index in [-0.39, 0.29) is 22.7 Å². The minimum absolute atomic E-state index is 0.230. The molecular formula is C17H9ClO4. The maximum absolute atomic E-state index is 12.3. The number of Topliss-reactive ketones (excluding diaryl/α,β-unsaturated/α-hetero) is 1. The highest BCUT2D eigenvalue weighted by Gasteiger charge is 2.28. The Morgan fingerprint density at radius 3 is 2.23 bits per heavy atom. The molecule has 1 aliphatic carbocycles. The average molecular weight is 313 g/mol. The van der Waals surface area contributed by atoms with Crippen molar-refractivity contribution in [3.63, 3.8) is 0 Å². The van der Waals surface area contributed by atoms with Gasteiger partial charge in [-0.25, -0.2) is 4.79 Å². The van der Waals surface area contributed by atoms with Crippen LogP contribution in [0.1, 0.15) is 31.1 Å². The van der Waals surface area contributed by atoms with Gasteiger partial charge < -0.3 is 4.74 Å². The highest BCUT2D eigenvalue weighted by Crippen LogP contribution is 2.22. The van der Waals surface area contributed by atoms with Crippen molar-refractivity contribution < 1.29 is 19.1 Å². The lowest BCUT2D eigenvalue weighted by Crippen LogP contribution is -2.20. The first-order chi connectivity index (χ1) is 10.6. The van der Waals surface area contributed by atoms with Crippen molar-refractivity contribution in [1.29, 1.82) is 0 Å². The van der Waals surface area contributed by atoms with Gasteiger partial charge >= 0.3 is 5.97 Å². The van der Waals surface area contributed by atoms with Crippen molar-refractivity contribution in [1.82, 2.24) is 0 Å². The zero-order chi connectivity index (χ0) is 15.7. The van der Waals surface area contributed by atoms with Crippen molar-refractivity contribution in [3.8, 4) is 0 Å². The van der Waals surface area contributed by atoms with E-state index in [0.717, 1.165) is 6.08 Å². The Balaban J connectivity index is 1.87. The van der Waals surface area contributed by atoms with Crippen LogP contribution in [-0.4, -0.2) is 17.5 Å². The topological polar surface area (TPSA) is 60.4 Å². The molecule has 0 unspecified atom stereocenters. The van der Waals surface area contributed by atoms with E-state index in [1.807, 2.05) is 0 Å². The van der Waals surface area contributed by atoms with Gasteiger partial charge in [0.2, 0.25) is 5.78 Å². The summed E-state index contributed by atoms with van der Waals surface area (Å²) in [6, 6.07) is 12.4. The number of allylic oxidation sites excluding steroid dienone is 2. The molecular weight excluding hydrogens is 304 g/mol. The Hall–Kier alpha value is -2.72. The first-order valence-electron chi connectivity index (χ1n) is 6.44. The van der Waals surface area contributed by atoms with E-state index in [2.05, 4.69) is 0 Å². The Morgan fingerprint density at radius 2 is 1.55 bits per heavy atom. The van der Waals surface area contributed by atoms with Crippen LogP contribution < -0.4 is 0 Å². The number of hydrogen-bond donors (Lipinski definition) is 0. The summed E-state index contributed by atoms with van der Waals surface area (Å²) >= 11 is 5.74. The van der Waals surface area contributed by atoms with Crippen LogP contribution in [0, 0.1) is 0 Å². The van der Waals surface area contributed by atoms with Gasteiger partial charge in [0.1, 0.15) is 0 Å². The van der Waals surface area contributed by atoms with Crippen molar-refractivity contribution in [2.24, 2.45) is 0 Å². The lowest BCUT2D eigenvalue weighted by Gasteiger charge is -2.14. The van der Waals surface area contributed by atoms with Gasteiger partial charge in [0.05, 0.1) is 5.56 Å². The van der Waals surface area contributed by atoms with E-state index in [9.17, 15) is 14.4 Å². The van der Waals surface area contributed by atoms with Gasteiger partial charge in [-0.2, -0.15) is 0 Å². The molecule has 0 aliphatic heterocycles. The second-order valence-corrected chi connectivity index (χ2v) is 5.08. The zero-order valence-electron chi connectivity index (χ0n) is 11.2. The quantitative estimate of drug-likeness (QED) is 0.797. The minimum atomic E-state index is -0.719. The maximum atomic E-state index is 12.3. The molecule has 0 saturated carbocycles. The molecule has 0 aromatic heterocycles. The van der Waals surface area contributed by atoms with Gasteiger partial charge in [-0.15, -0.1) is 0 Å². The van der Waals surface area contributed by atoms with Crippen LogP contribution >= 0.6 is 11.6 Å². The number of fused-ring (bicyclic) bond motifs is 1. The normalized spacial score (nSPS) is 13.4. The molecule has 0 saturated heterocycles. The van der Waals surface area contributed by atoms with Gasteiger partial charge in [-0.05, 0) is 24.3 Å². The summed E-state index contributed by atoms with van der Waals surface area (Å²) in [6.07, 6.45) is 1.04. The van der Waals surface area contributed by atoms with E-state index in [0.29, 0.717) is 10.6 Å². The fourth-order valence-corrected chi connectivity index (χ4v) is 2.24. The molecule has 0 fully saturated rings. The number of carbonyl (C=O) groups is 3. The summed E-state index contributed by atoms with van der Waals surface area (Å²) in [6.45, 7) is 0. The molecule has 0 bridgehead atoms. The number of rotatable bonds is 2. The largest absolute Gasteiger partial charge is 0.419 e. The summed E-state index contributed by atoms with van der Waals surface area (Å²) in [5.41, 5.74) is 0.775. The highest BCUT2D eigenvalue weighted by atomic mass is 35.5. The molecule has 5 heteroatoms. The second kappa shape index (κ2) is 5.58. The van der Waals surface area contributed by atoms with Crippen LogP contribution in [0.5, 0.6) is 0 Å². The standard InChI is InChI=1S/C17H9ClO4/c18-11-7-5-10(6-8-11)17(21)22-15-9-14(19)12-3-1-2-4-13(12)16(15)20/h1-9H. The third-order valence-electron chi connectivity index (χ3n) is 3.21. The Labute approximate surface area is 131 Å². The smallest absolute Gasteiger partial charge is 0.343 e. The highest BCUT2D eigenvalue weighted by molar-refractivity contribution is 6.30. The Morgan fingerprint density at radius 1 is 0.909 bits per heavy atom. The molecule has 0 amide bonds. The number of hydrogen-bond acceptors (Lipinski definition) is 4. The molecule has 22 heavy (non-hydrogen) atoms. The van der Waals surface area contributed by atoms with E-state index in [1.165, 1.54) is 30.3 Å². The van der Waals surface area contributed by atoms with Gasteiger partial charge in [-0.3, -0.25) is 9.59 Å². The number of ether oxygens (including phenoxy) is 1. The molecule has 2 aromatic carbocycles. The predicted molar refractivity (Wildman–Crippen MR) is 80.1 cm³/mol. The maximum Gasteiger partial charge on any atom is 0.343 e. The first kappa shape index (κ1) is 14.2. The summed E-state index contributed by atoms with van der Waals surface area (Å²) in [5.74, 6) is -1.85. The number of carbonyl (C=O) groups excluding carboxylic acids is 3. The lowest BCUT2D eigenvalue weighted by atomic mass is 9.94. The van der Waals surface area contributed by atoms with Crippen molar-refractivity contribution >= 4 is 29.1 Å². The molecule has 3 rings (SSSR count). The third-order valence-corrected chi connectivity index (χ3v) is 3.46. The van der Waals surface area contributed by atoms with Crippen molar-refractivity contribution in [3.05, 3.63) is 82.1 Å².